The van der Waals surface area contributed by atoms with Crippen LogP contribution in [0.15, 0.2) is 35.7 Å². The van der Waals surface area contributed by atoms with Crippen LogP contribution in [0.3, 0.4) is 0 Å². The van der Waals surface area contributed by atoms with E-state index in [0.717, 1.165) is 23.4 Å². The fraction of sp³-hybridized carbons (Fsp3) is 0.444. The first kappa shape index (κ1) is 18.6. The van der Waals surface area contributed by atoms with Crippen molar-refractivity contribution in [1.82, 2.24) is 9.88 Å². The number of unbranched alkanes of at least 4 members (excludes halogenated alkanes) is 1. The largest absolute Gasteiger partial charge is 0.385 e. The maximum atomic E-state index is 12.8. The summed E-state index contributed by atoms with van der Waals surface area (Å²) in [6.45, 7) is 2.55. The third kappa shape index (κ3) is 5.70. The van der Waals surface area contributed by atoms with Crippen molar-refractivity contribution in [2.24, 2.45) is 5.73 Å². The number of rotatable bonds is 10. The molecule has 2 aromatic rings. The van der Waals surface area contributed by atoms with Gasteiger partial charge in [0.25, 0.3) is 5.91 Å². The monoisotopic (exact) mass is 347 g/mol. The molecular weight excluding hydrogens is 322 g/mol. The van der Waals surface area contributed by atoms with Gasteiger partial charge in [0.05, 0.1) is 5.01 Å². The fourth-order valence-corrected chi connectivity index (χ4v) is 3.20. The predicted octanol–water partition coefficient (Wildman–Crippen LogP) is 2.71. The number of carbonyl (C=O) groups is 1. The SMILES string of the molecule is COCCCCN(Cc1ccccc1)C(=O)c1csc(CCN)n1. The van der Waals surface area contributed by atoms with E-state index >= 15 is 0 Å². The van der Waals surface area contributed by atoms with Crippen LogP contribution >= 0.6 is 11.3 Å². The molecule has 0 aliphatic heterocycles. The maximum Gasteiger partial charge on any atom is 0.273 e. The molecule has 0 aliphatic rings. The van der Waals surface area contributed by atoms with Crippen molar-refractivity contribution in [3.63, 3.8) is 0 Å². The second-order valence-corrected chi connectivity index (χ2v) is 6.52. The molecule has 0 fully saturated rings. The normalized spacial score (nSPS) is 10.8. The number of nitrogens with two attached hydrogens (primary N) is 1. The van der Waals surface area contributed by atoms with Gasteiger partial charge in [-0.25, -0.2) is 4.98 Å². The lowest BCUT2D eigenvalue weighted by atomic mass is 10.2. The molecule has 1 heterocycles. The van der Waals surface area contributed by atoms with E-state index in [1.807, 2.05) is 40.6 Å². The molecule has 0 bridgehead atoms. The van der Waals surface area contributed by atoms with E-state index in [0.29, 0.717) is 38.4 Å². The maximum absolute atomic E-state index is 12.8. The van der Waals surface area contributed by atoms with Crippen LogP contribution in [0.4, 0.5) is 0 Å². The zero-order valence-corrected chi connectivity index (χ0v) is 14.9. The Labute approximate surface area is 147 Å². The Morgan fingerprint density at radius 1 is 1.29 bits per heavy atom. The summed E-state index contributed by atoms with van der Waals surface area (Å²) in [5, 5.41) is 2.75. The zero-order chi connectivity index (χ0) is 17.2. The predicted molar refractivity (Wildman–Crippen MR) is 97.2 cm³/mol. The summed E-state index contributed by atoms with van der Waals surface area (Å²) in [7, 11) is 1.70. The Morgan fingerprint density at radius 3 is 2.79 bits per heavy atom. The molecule has 0 unspecified atom stereocenters. The number of amides is 1. The van der Waals surface area contributed by atoms with Crippen molar-refractivity contribution in [2.45, 2.75) is 25.8 Å². The highest BCUT2D eigenvalue weighted by molar-refractivity contribution is 7.09. The third-order valence-corrected chi connectivity index (χ3v) is 4.57. The standard InChI is InChI=1S/C18H25N3O2S/c1-23-12-6-5-11-21(13-15-7-3-2-4-8-15)18(22)16-14-24-17(20-16)9-10-19/h2-4,7-8,14H,5-6,9-13,19H2,1H3. The molecule has 0 radical (unpaired) electrons. The van der Waals surface area contributed by atoms with Crippen LogP contribution in [0.25, 0.3) is 0 Å². The smallest absolute Gasteiger partial charge is 0.273 e. The molecule has 0 atom stereocenters. The Hall–Kier alpha value is -1.76. The molecule has 24 heavy (non-hydrogen) atoms. The van der Waals surface area contributed by atoms with Gasteiger partial charge in [0.1, 0.15) is 5.69 Å². The molecule has 2 rings (SSSR count). The van der Waals surface area contributed by atoms with E-state index in [4.69, 9.17) is 10.5 Å². The minimum Gasteiger partial charge on any atom is -0.385 e. The topological polar surface area (TPSA) is 68.5 Å². The van der Waals surface area contributed by atoms with Gasteiger partial charge in [0.15, 0.2) is 0 Å². The number of nitrogens with zero attached hydrogens (tertiary/aromatic N) is 2. The molecule has 5 nitrogen and oxygen atoms in total. The summed E-state index contributed by atoms with van der Waals surface area (Å²) in [5.74, 6) is -0.0178. The fourth-order valence-electron chi connectivity index (χ4n) is 2.41. The average Bonchev–Trinajstić information content (AvgIpc) is 3.07. The highest BCUT2D eigenvalue weighted by Crippen LogP contribution is 2.15. The quantitative estimate of drug-likeness (QED) is 0.671. The lowest BCUT2D eigenvalue weighted by molar-refractivity contribution is 0.0729. The van der Waals surface area contributed by atoms with Crippen LogP contribution in [0, 0.1) is 0 Å². The molecule has 1 aromatic carbocycles. The molecule has 6 heteroatoms. The number of benzene rings is 1. The van der Waals surface area contributed by atoms with Gasteiger partial charge >= 0.3 is 0 Å². The van der Waals surface area contributed by atoms with E-state index in [-0.39, 0.29) is 5.91 Å². The summed E-state index contributed by atoms with van der Waals surface area (Å²) in [6.07, 6.45) is 2.56. The zero-order valence-electron chi connectivity index (χ0n) is 14.1. The first-order chi connectivity index (χ1) is 11.7. The van der Waals surface area contributed by atoms with Gasteiger partial charge in [-0.05, 0) is 24.9 Å². The molecular formula is C18H25N3O2S. The molecule has 1 amide bonds. The number of carbonyl (C=O) groups excluding carboxylic acids is 1. The van der Waals surface area contributed by atoms with E-state index in [1.54, 1.807) is 7.11 Å². The minimum absolute atomic E-state index is 0.0178. The molecule has 2 N–H and O–H groups in total. The number of thiazole rings is 1. The van der Waals surface area contributed by atoms with E-state index < -0.39 is 0 Å². The summed E-state index contributed by atoms with van der Waals surface area (Å²) in [6, 6.07) is 10.0. The van der Waals surface area contributed by atoms with Crippen LogP contribution in [0.5, 0.6) is 0 Å². The van der Waals surface area contributed by atoms with E-state index in [1.165, 1.54) is 11.3 Å². The van der Waals surface area contributed by atoms with Crippen LogP contribution in [-0.2, 0) is 17.7 Å². The Morgan fingerprint density at radius 2 is 2.08 bits per heavy atom. The number of hydrogen-bond acceptors (Lipinski definition) is 5. The number of methoxy groups -OCH3 is 1. The number of hydrogen-bond donors (Lipinski definition) is 1. The number of aromatic nitrogens is 1. The highest BCUT2D eigenvalue weighted by Gasteiger charge is 2.18. The van der Waals surface area contributed by atoms with Gasteiger partial charge in [-0.3, -0.25) is 4.79 Å². The summed E-state index contributed by atoms with van der Waals surface area (Å²) < 4.78 is 5.09. The van der Waals surface area contributed by atoms with Crippen molar-refractivity contribution in [2.75, 3.05) is 26.8 Å². The van der Waals surface area contributed by atoms with Crippen LogP contribution < -0.4 is 5.73 Å². The van der Waals surface area contributed by atoms with Gasteiger partial charge in [0, 0.05) is 38.6 Å². The summed E-state index contributed by atoms with van der Waals surface area (Å²) in [4.78, 5) is 19.1. The second kappa shape index (κ2) is 10.2. The van der Waals surface area contributed by atoms with Gasteiger partial charge in [-0.1, -0.05) is 30.3 Å². The lowest BCUT2D eigenvalue weighted by Gasteiger charge is -2.22. The molecule has 0 spiro atoms. The van der Waals surface area contributed by atoms with Crippen LogP contribution in [0.2, 0.25) is 0 Å². The molecule has 0 saturated heterocycles. The summed E-state index contributed by atoms with van der Waals surface area (Å²) >= 11 is 1.50. The van der Waals surface area contributed by atoms with Crippen molar-refractivity contribution >= 4 is 17.2 Å². The molecule has 0 aliphatic carbocycles. The Balaban J connectivity index is 2.05. The summed E-state index contributed by atoms with van der Waals surface area (Å²) in [5.41, 5.74) is 7.20. The third-order valence-electron chi connectivity index (χ3n) is 3.66. The van der Waals surface area contributed by atoms with Gasteiger partial charge in [0.2, 0.25) is 0 Å². The lowest BCUT2D eigenvalue weighted by Crippen LogP contribution is -2.32. The first-order valence-electron chi connectivity index (χ1n) is 8.21. The van der Waals surface area contributed by atoms with Crippen molar-refractivity contribution in [1.29, 1.82) is 0 Å². The van der Waals surface area contributed by atoms with E-state index in [2.05, 4.69) is 4.98 Å². The Bertz CT molecular complexity index is 616. The van der Waals surface area contributed by atoms with Crippen molar-refractivity contribution in [3.05, 3.63) is 52.0 Å². The van der Waals surface area contributed by atoms with Crippen LogP contribution in [0.1, 0.15) is 33.9 Å². The molecule has 1 aromatic heterocycles. The van der Waals surface area contributed by atoms with E-state index in [9.17, 15) is 4.79 Å². The first-order valence-corrected chi connectivity index (χ1v) is 9.09. The average molecular weight is 347 g/mol. The second-order valence-electron chi connectivity index (χ2n) is 5.58. The van der Waals surface area contributed by atoms with Crippen molar-refractivity contribution in [3.8, 4) is 0 Å². The highest BCUT2D eigenvalue weighted by atomic mass is 32.1. The number of ether oxygens (including phenoxy) is 1. The molecule has 130 valence electrons. The van der Waals surface area contributed by atoms with Gasteiger partial charge in [-0.15, -0.1) is 11.3 Å². The minimum atomic E-state index is -0.0178. The van der Waals surface area contributed by atoms with Crippen LogP contribution in [-0.4, -0.2) is 42.6 Å². The Kier molecular flexibility index (Phi) is 7.88. The molecule has 0 saturated carbocycles. The van der Waals surface area contributed by atoms with Crippen molar-refractivity contribution < 1.29 is 9.53 Å². The van der Waals surface area contributed by atoms with Gasteiger partial charge < -0.3 is 15.4 Å². The van der Waals surface area contributed by atoms with Gasteiger partial charge in [-0.2, -0.15) is 0 Å².